The van der Waals surface area contributed by atoms with E-state index in [1.807, 2.05) is 48.7 Å². The number of nitrogens with zero attached hydrogens (tertiary/aromatic N) is 5. The number of hydrogen-bond acceptors (Lipinski definition) is 5. The molecule has 9 aromatic rings. The summed E-state index contributed by atoms with van der Waals surface area (Å²) in [5.41, 5.74) is 13.4. The zero-order valence-electron chi connectivity index (χ0n) is 34.3. The molecule has 0 N–H and O–H groups in total. The quantitative estimate of drug-likeness (QED) is 0.118. The minimum absolute atomic E-state index is 0. The number of aryl methyl sites for hydroxylation is 1. The number of fused-ring (bicyclic) bond motifs is 4. The van der Waals surface area contributed by atoms with Crippen LogP contribution in [0.2, 0.25) is 19.6 Å². The van der Waals surface area contributed by atoms with Crippen LogP contribution in [0, 0.1) is 19.1 Å². The summed E-state index contributed by atoms with van der Waals surface area (Å²) in [6.07, 6.45) is 5.47. The summed E-state index contributed by atoms with van der Waals surface area (Å²) in [5, 5.41) is 3.56. The van der Waals surface area contributed by atoms with Crippen molar-refractivity contribution in [1.29, 1.82) is 0 Å². The number of benzene rings is 5. The molecule has 293 valence electrons. The van der Waals surface area contributed by atoms with Crippen molar-refractivity contribution in [3.05, 3.63) is 157 Å². The molecule has 0 saturated carbocycles. The monoisotopic (exact) mass is 954 g/mol. The van der Waals surface area contributed by atoms with Crippen LogP contribution in [0.1, 0.15) is 56.2 Å². The van der Waals surface area contributed by atoms with Crippen LogP contribution in [0.4, 0.5) is 0 Å². The predicted molar refractivity (Wildman–Crippen MR) is 238 cm³/mol. The van der Waals surface area contributed by atoms with E-state index >= 15 is 0 Å². The zero-order valence-corrected chi connectivity index (χ0v) is 37.7. The molecule has 0 aliphatic carbocycles. The molecular weight excluding hydrogens is 907 g/mol. The first kappa shape index (κ1) is 40.7. The van der Waals surface area contributed by atoms with Gasteiger partial charge in [-0.25, -0.2) is 9.97 Å². The zero-order chi connectivity index (χ0) is 39.8. The summed E-state index contributed by atoms with van der Waals surface area (Å²) in [5.74, 6) is 1.27. The molecule has 1 radical (unpaired) electrons. The van der Waals surface area contributed by atoms with Crippen molar-refractivity contribution < 1.29 is 24.5 Å². The molecule has 5 aromatic carbocycles. The van der Waals surface area contributed by atoms with Crippen LogP contribution in [-0.4, -0.2) is 32.6 Å². The Morgan fingerprint density at radius 3 is 2.09 bits per heavy atom. The van der Waals surface area contributed by atoms with Crippen molar-refractivity contribution in [1.82, 2.24) is 24.5 Å². The summed E-state index contributed by atoms with van der Waals surface area (Å²) in [6, 6.07) is 44.2. The Kier molecular flexibility index (Phi) is 11.7. The van der Waals surface area contributed by atoms with Gasteiger partial charge in [0.1, 0.15) is 17.4 Å². The molecule has 8 heteroatoms. The van der Waals surface area contributed by atoms with Gasteiger partial charge in [-0.3, -0.25) is 4.98 Å². The third-order valence-electron chi connectivity index (χ3n) is 10.5. The molecule has 0 saturated heterocycles. The van der Waals surface area contributed by atoms with E-state index in [4.69, 9.17) is 9.40 Å². The maximum Gasteiger partial charge on any atom is 0.171 e. The van der Waals surface area contributed by atoms with Crippen LogP contribution >= 0.6 is 0 Å². The van der Waals surface area contributed by atoms with E-state index in [1.54, 1.807) is 6.33 Å². The van der Waals surface area contributed by atoms with Gasteiger partial charge in [0.15, 0.2) is 5.65 Å². The Bertz CT molecular complexity index is 2830. The molecule has 6 nitrogen and oxygen atoms in total. The van der Waals surface area contributed by atoms with Gasteiger partial charge in [0.2, 0.25) is 0 Å². The van der Waals surface area contributed by atoms with Crippen molar-refractivity contribution in [3.63, 3.8) is 0 Å². The largest absolute Gasteiger partial charge is 0.501 e. The van der Waals surface area contributed by atoms with E-state index in [0.29, 0.717) is 5.65 Å². The average Bonchev–Trinajstić information content (AvgIpc) is 3.79. The van der Waals surface area contributed by atoms with Crippen LogP contribution in [0.3, 0.4) is 0 Å². The molecule has 0 aliphatic heterocycles. The predicted octanol–water partition coefficient (Wildman–Crippen LogP) is 12.5. The Morgan fingerprint density at radius 2 is 1.41 bits per heavy atom. The number of hydrogen-bond donors (Lipinski definition) is 0. The van der Waals surface area contributed by atoms with Gasteiger partial charge in [0.25, 0.3) is 0 Å². The van der Waals surface area contributed by atoms with Crippen LogP contribution in [0.25, 0.3) is 72.6 Å². The van der Waals surface area contributed by atoms with E-state index in [0.717, 1.165) is 55.8 Å². The van der Waals surface area contributed by atoms with Gasteiger partial charge in [0, 0.05) is 37.4 Å². The van der Waals surface area contributed by atoms with E-state index in [-0.39, 0.29) is 31.9 Å². The van der Waals surface area contributed by atoms with Crippen LogP contribution in [0.5, 0.6) is 0 Å². The van der Waals surface area contributed by atoms with Gasteiger partial charge in [0.05, 0.1) is 25.7 Å². The maximum atomic E-state index is 6.44. The molecule has 0 unspecified atom stereocenters. The minimum Gasteiger partial charge on any atom is -0.501 e. The molecule has 58 heavy (non-hydrogen) atoms. The Balaban J connectivity index is 0.000000240. The number of pyridine rings is 1. The second-order valence-electron chi connectivity index (χ2n) is 16.3. The second-order valence-corrected chi connectivity index (χ2v) is 21.3. The number of aromatic nitrogens is 5. The van der Waals surface area contributed by atoms with Crippen molar-refractivity contribution in [2.75, 3.05) is 0 Å². The normalized spacial score (nSPS) is 11.6. The van der Waals surface area contributed by atoms with Crippen molar-refractivity contribution in [3.8, 4) is 39.5 Å². The molecule has 4 aromatic heterocycles. The molecule has 0 fully saturated rings. The van der Waals surface area contributed by atoms with E-state index in [2.05, 4.69) is 159 Å². The molecule has 0 spiro atoms. The summed E-state index contributed by atoms with van der Waals surface area (Å²) in [6.45, 7) is 18.2. The van der Waals surface area contributed by atoms with Crippen molar-refractivity contribution in [2.45, 2.75) is 66.1 Å². The van der Waals surface area contributed by atoms with Crippen molar-refractivity contribution in [2.24, 2.45) is 0 Å². The first-order valence-electron chi connectivity index (χ1n) is 19.7. The average molecular weight is 954 g/mol. The number of imidazole rings is 1. The molecule has 9 rings (SSSR count). The number of para-hydroxylation sites is 1. The van der Waals surface area contributed by atoms with E-state index in [1.165, 1.54) is 33.0 Å². The third kappa shape index (κ3) is 7.84. The first-order chi connectivity index (χ1) is 27.5. The van der Waals surface area contributed by atoms with E-state index in [9.17, 15) is 0 Å². The SMILES string of the molecule is CC(C)c1cc(-c2ccccc2)cc(C(C)C)c1-n1c(-c2[c-]ccc3c2oc2ccccc23)nc2ncncc21.Cc1cc(-c2[c-]cccc2)ncc1[Si](C)(C)C.[Ir]. The summed E-state index contributed by atoms with van der Waals surface area (Å²) in [7, 11) is -1.27. The van der Waals surface area contributed by atoms with Crippen LogP contribution in [-0.2, 0) is 20.1 Å². The summed E-state index contributed by atoms with van der Waals surface area (Å²) in [4.78, 5) is 18.6. The molecule has 4 heterocycles. The molecule has 0 bridgehead atoms. The Labute approximate surface area is 355 Å². The van der Waals surface area contributed by atoms with Gasteiger partial charge in [-0.1, -0.05) is 118 Å². The smallest absolute Gasteiger partial charge is 0.171 e. The van der Waals surface area contributed by atoms with Gasteiger partial charge in [-0.15, -0.1) is 54.1 Å². The summed E-state index contributed by atoms with van der Waals surface area (Å²) < 4.78 is 8.67. The second kappa shape index (κ2) is 16.7. The molecular formula is C50H47IrN5OSi-2. The van der Waals surface area contributed by atoms with Gasteiger partial charge < -0.3 is 14.0 Å². The van der Waals surface area contributed by atoms with E-state index < -0.39 is 8.07 Å². The fourth-order valence-electron chi connectivity index (χ4n) is 7.73. The first-order valence-corrected chi connectivity index (χ1v) is 23.2. The van der Waals surface area contributed by atoms with Crippen LogP contribution < -0.4 is 5.19 Å². The standard InChI is InChI=1S/C35H29N4O.C15H18NSi.Ir/c1-21(2)28-17-24(23-11-6-5-7-12-23)18-29(22(3)4)32(28)39-30-19-36-20-37-34(30)38-35(39)27-15-10-14-26-25-13-8-9-16-31(25)40-33(26)27;1-12-10-14(13-8-6-5-7-9-13)16-11-15(12)17(2,3)4;/h5-14,16-22H,1-4H3;5-8,10-11H,1-4H3;/q2*-1;. The molecule has 0 aliphatic rings. The Morgan fingerprint density at radius 1 is 0.707 bits per heavy atom. The fourth-order valence-corrected chi connectivity index (χ4v) is 9.44. The number of rotatable bonds is 7. The third-order valence-corrected chi connectivity index (χ3v) is 12.7. The van der Waals surface area contributed by atoms with Crippen molar-refractivity contribution >= 4 is 46.4 Å². The Hall–Kier alpha value is -5.53. The number of furan rings is 1. The van der Waals surface area contributed by atoms with Gasteiger partial charge in [-0.05, 0) is 70.1 Å². The maximum absolute atomic E-state index is 6.44. The van der Waals surface area contributed by atoms with Crippen LogP contribution in [0.15, 0.2) is 132 Å². The molecule has 0 amide bonds. The fraction of sp³-hybridized carbons (Fsp3) is 0.200. The minimum atomic E-state index is -1.27. The topological polar surface area (TPSA) is 69.6 Å². The molecule has 0 atom stereocenters. The van der Waals surface area contributed by atoms with Gasteiger partial charge >= 0.3 is 0 Å². The summed E-state index contributed by atoms with van der Waals surface area (Å²) >= 11 is 0. The van der Waals surface area contributed by atoms with Gasteiger partial charge in [-0.2, -0.15) is 0 Å².